The largest absolute Gasteiger partial charge is 0.478 e. The maximum absolute atomic E-state index is 10.4. The first kappa shape index (κ1) is 14.2. The lowest BCUT2D eigenvalue weighted by atomic mass is 9.87. The van der Waals surface area contributed by atoms with E-state index in [0.29, 0.717) is 12.0 Å². The van der Waals surface area contributed by atoms with Crippen LogP contribution in [0.15, 0.2) is 12.2 Å². The number of aliphatic carboxylic acids is 1. The van der Waals surface area contributed by atoms with Gasteiger partial charge in [0.05, 0.1) is 6.10 Å². The van der Waals surface area contributed by atoms with E-state index in [2.05, 4.69) is 6.92 Å². The number of hydrogen-bond acceptors (Lipinski definition) is 2. The second-order valence-electron chi connectivity index (χ2n) is 4.81. The van der Waals surface area contributed by atoms with Gasteiger partial charge in [0.1, 0.15) is 0 Å². The molecule has 1 N–H and O–H groups in total. The van der Waals surface area contributed by atoms with Crippen molar-refractivity contribution in [2.24, 2.45) is 5.92 Å². The molecule has 3 heteroatoms. The van der Waals surface area contributed by atoms with E-state index >= 15 is 0 Å². The predicted octanol–water partition coefficient (Wildman–Crippen LogP) is 3.39. The van der Waals surface area contributed by atoms with E-state index in [1.807, 2.05) is 6.08 Å². The number of carbonyl (C=O) groups is 1. The maximum Gasteiger partial charge on any atom is 0.327 e. The van der Waals surface area contributed by atoms with Gasteiger partial charge in [-0.1, -0.05) is 25.8 Å². The molecule has 0 bridgehead atoms. The topological polar surface area (TPSA) is 46.5 Å². The minimum absolute atomic E-state index is 0.404. The molecule has 0 aromatic rings. The molecule has 17 heavy (non-hydrogen) atoms. The lowest BCUT2D eigenvalue weighted by Gasteiger charge is -2.26. The third kappa shape index (κ3) is 6.47. The van der Waals surface area contributed by atoms with Crippen molar-refractivity contribution in [3.8, 4) is 0 Å². The fourth-order valence-corrected chi connectivity index (χ4v) is 2.27. The summed E-state index contributed by atoms with van der Waals surface area (Å²) < 4.78 is 5.82. The van der Waals surface area contributed by atoms with Gasteiger partial charge in [0.25, 0.3) is 0 Å². The zero-order valence-electron chi connectivity index (χ0n) is 10.7. The molecule has 98 valence electrons. The predicted molar refractivity (Wildman–Crippen MR) is 68.0 cm³/mol. The van der Waals surface area contributed by atoms with Crippen LogP contribution in [0.5, 0.6) is 0 Å². The molecule has 1 fully saturated rings. The number of carboxylic acids is 1. The molecule has 0 spiro atoms. The molecule has 0 saturated heterocycles. The van der Waals surface area contributed by atoms with Crippen LogP contribution in [0.2, 0.25) is 0 Å². The number of unbranched alkanes of at least 4 members (excludes halogenated alkanes) is 2. The summed E-state index contributed by atoms with van der Waals surface area (Å²) in [6.45, 7) is 3.08. The molecule has 1 aliphatic carbocycles. The SMILES string of the molecule is CCCCCOC1CCC(/C=C/C(=O)O)CC1. The average molecular weight is 240 g/mol. The van der Waals surface area contributed by atoms with Crippen molar-refractivity contribution < 1.29 is 14.6 Å². The van der Waals surface area contributed by atoms with E-state index in [9.17, 15) is 4.79 Å². The number of carboxylic acid groups (broad SMARTS) is 1. The number of allylic oxidation sites excluding steroid dienone is 1. The van der Waals surface area contributed by atoms with E-state index in [4.69, 9.17) is 9.84 Å². The number of ether oxygens (including phenoxy) is 1. The van der Waals surface area contributed by atoms with Gasteiger partial charge in [-0.2, -0.15) is 0 Å². The average Bonchev–Trinajstić information content (AvgIpc) is 2.33. The Hall–Kier alpha value is -0.830. The fraction of sp³-hybridized carbons (Fsp3) is 0.786. The van der Waals surface area contributed by atoms with Crippen molar-refractivity contribution in [2.75, 3.05) is 6.61 Å². The summed E-state index contributed by atoms with van der Waals surface area (Å²) in [5.74, 6) is -0.412. The molecule has 0 radical (unpaired) electrons. The van der Waals surface area contributed by atoms with Gasteiger partial charge in [-0.15, -0.1) is 0 Å². The summed E-state index contributed by atoms with van der Waals surface area (Å²) in [5.41, 5.74) is 0. The first-order valence-electron chi connectivity index (χ1n) is 6.75. The molecule has 3 nitrogen and oxygen atoms in total. The lowest BCUT2D eigenvalue weighted by molar-refractivity contribution is -0.131. The summed E-state index contributed by atoms with van der Waals surface area (Å²) in [5, 5.41) is 8.55. The van der Waals surface area contributed by atoms with Crippen molar-refractivity contribution in [2.45, 2.75) is 58.0 Å². The van der Waals surface area contributed by atoms with Crippen LogP contribution in [-0.2, 0) is 9.53 Å². The van der Waals surface area contributed by atoms with Gasteiger partial charge in [0, 0.05) is 12.7 Å². The van der Waals surface area contributed by atoms with Crippen LogP contribution in [0.25, 0.3) is 0 Å². The third-order valence-electron chi connectivity index (χ3n) is 3.33. The van der Waals surface area contributed by atoms with Crippen LogP contribution in [-0.4, -0.2) is 23.8 Å². The monoisotopic (exact) mass is 240 g/mol. The van der Waals surface area contributed by atoms with E-state index in [-0.39, 0.29) is 0 Å². The number of rotatable bonds is 7. The minimum Gasteiger partial charge on any atom is -0.478 e. The molecule has 0 aliphatic heterocycles. The standard InChI is InChI=1S/C14H24O3/c1-2-3-4-11-17-13-8-5-12(6-9-13)7-10-14(15)16/h7,10,12-13H,2-6,8-9,11H2,1H3,(H,15,16)/b10-7+. The highest BCUT2D eigenvalue weighted by molar-refractivity contribution is 5.79. The Balaban J connectivity index is 2.11. The highest BCUT2D eigenvalue weighted by atomic mass is 16.5. The first-order valence-corrected chi connectivity index (χ1v) is 6.75. The summed E-state index contributed by atoms with van der Waals surface area (Å²) in [6.07, 6.45) is 11.4. The van der Waals surface area contributed by atoms with Gasteiger partial charge in [0.15, 0.2) is 0 Å². The summed E-state index contributed by atoms with van der Waals surface area (Å²) in [7, 11) is 0. The molecule has 0 aromatic heterocycles. The van der Waals surface area contributed by atoms with Crippen molar-refractivity contribution >= 4 is 5.97 Å². The Kier molecular flexibility index (Phi) is 6.94. The van der Waals surface area contributed by atoms with E-state index < -0.39 is 5.97 Å². The highest BCUT2D eigenvalue weighted by Gasteiger charge is 2.19. The molecule has 1 aliphatic rings. The van der Waals surface area contributed by atoms with E-state index in [0.717, 1.165) is 38.7 Å². The Bertz CT molecular complexity index is 240. The molecule has 1 rings (SSSR count). The number of hydrogen-bond donors (Lipinski definition) is 1. The van der Waals surface area contributed by atoms with Gasteiger partial charge in [-0.05, 0) is 38.0 Å². The highest BCUT2D eigenvalue weighted by Crippen LogP contribution is 2.27. The van der Waals surface area contributed by atoms with Gasteiger partial charge in [-0.25, -0.2) is 4.79 Å². The van der Waals surface area contributed by atoms with Crippen molar-refractivity contribution in [3.05, 3.63) is 12.2 Å². The van der Waals surface area contributed by atoms with Crippen molar-refractivity contribution in [1.29, 1.82) is 0 Å². The van der Waals surface area contributed by atoms with Crippen LogP contribution in [0.4, 0.5) is 0 Å². The quantitative estimate of drug-likeness (QED) is 0.548. The molecular formula is C14H24O3. The summed E-state index contributed by atoms with van der Waals surface area (Å²) in [4.78, 5) is 10.4. The summed E-state index contributed by atoms with van der Waals surface area (Å²) in [6, 6.07) is 0. The normalized spacial score (nSPS) is 25.2. The van der Waals surface area contributed by atoms with Crippen molar-refractivity contribution in [3.63, 3.8) is 0 Å². The molecule has 0 amide bonds. The smallest absolute Gasteiger partial charge is 0.327 e. The maximum atomic E-state index is 10.4. The van der Waals surface area contributed by atoms with Crippen LogP contribution >= 0.6 is 0 Å². The lowest BCUT2D eigenvalue weighted by Crippen LogP contribution is -2.21. The van der Waals surface area contributed by atoms with Gasteiger partial charge in [0.2, 0.25) is 0 Å². The summed E-state index contributed by atoms with van der Waals surface area (Å²) >= 11 is 0. The second-order valence-corrected chi connectivity index (χ2v) is 4.81. The zero-order chi connectivity index (χ0) is 12.5. The zero-order valence-corrected chi connectivity index (χ0v) is 10.7. The Labute approximate surface area is 104 Å². The van der Waals surface area contributed by atoms with Gasteiger partial charge in [-0.3, -0.25) is 0 Å². The molecule has 0 aromatic carbocycles. The van der Waals surface area contributed by atoms with Crippen LogP contribution < -0.4 is 0 Å². The second kappa shape index (κ2) is 8.29. The van der Waals surface area contributed by atoms with Crippen LogP contribution in [0, 0.1) is 5.92 Å². The van der Waals surface area contributed by atoms with E-state index in [1.54, 1.807) is 0 Å². The van der Waals surface area contributed by atoms with Gasteiger partial charge < -0.3 is 9.84 Å². The fourth-order valence-electron chi connectivity index (χ4n) is 2.27. The molecule has 0 unspecified atom stereocenters. The van der Waals surface area contributed by atoms with Gasteiger partial charge >= 0.3 is 5.97 Å². The third-order valence-corrected chi connectivity index (χ3v) is 3.33. The Morgan fingerprint density at radius 2 is 2.00 bits per heavy atom. The van der Waals surface area contributed by atoms with E-state index in [1.165, 1.54) is 18.9 Å². The molecule has 0 atom stereocenters. The molecular weight excluding hydrogens is 216 g/mol. The van der Waals surface area contributed by atoms with Crippen LogP contribution in [0.3, 0.4) is 0 Å². The van der Waals surface area contributed by atoms with Crippen molar-refractivity contribution in [1.82, 2.24) is 0 Å². The first-order chi connectivity index (χ1) is 8.22. The molecule has 1 saturated carbocycles. The minimum atomic E-state index is -0.845. The van der Waals surface area contributed by atoms with Crippen LogP contribution in [0.1, 0.15) is 51.9 Å². The Morgan fingerprint density at radius 3 is 2.59 bits per heavy atom. The Morgan fingerprint density at radius 1 is 1.29 bits per heavy atom. The molecule has 0 heterocycles.